The maximum absolute atomic E-state index is 12.9. The first-order valence-corrected chi connectivity index (χ1v) is 8.34. The standard InChI is InChI=1S/C21H15FN2O3/c22-16-8-5-14(6-9-16)21(26)24-23-19(25)11-15-12-27-18-10-7-13-3-1-2-4-17(13)20(15)18/h1-10,12H,11H2,(H,23,25)(H,24,26). The van der Waals surface area contributed by atoms with E-state index >= 15 is 0 Å². The molecule has 4 rings (SSSR count). The van der Waals surface area contributed by atoms with Crippen molar-refractivity contribution in [2.24, 2.45) is 0 Å². The molecule has 5 nitrogen and oxygen atoms in total. The van der Waals surface area contributed by atoms with E-state index in [9.17, 15) is 14.0 Å². The summed E-state index contributed by atoms with van der Waals surface area (Å²) in [5, 5.41) is 2.94. The van der Waals surface area contributed by atoms with Gasteiger partial charge in [0.05, 0.1) is 12.7 Å². The Kier molecular flexibility index (Phi) is 4.30. The monoisotopic (exact) mass is 362 g/mol. The molecule has 0 atom stereocenters. The number of carbonyl (C=O) groups is 2. The minimum Gasteiger partial charge on any atom is -0.464 e. The van der Waals surface area contributed by atoms with Gasteiger partial charge >= 0.3 is 0 Å². The van der Waals surface area contributed by atoms with E-state index in [-0.39, 0.29) is 17.9 Å². The van der Waals surface area contributed by atoms with Crippen LogP contribution in [0.4, 0.5) is 4.39 Å². The predicted molar refractivity (Wildman–Crippen MR) is 99.4 cm³/mol. The van der Waals surface area contributed by atoms with E-state index in [1.807, 2.05) is 36.4 Å². The van der Waals surface area contributed by atoms with Crippen LogP contribution in [0.5, 0.6) is 0 Å². The van der Waals surface area contributed by atoms with Crippen molar-refractivity contribution in [1.29, 1.82) is 0 Å². The topological polar surface area (TPSA) is 71.3 Å². The number of hydrogen-bond donors (Lipinski definition) is 2. The molecule has 4 aromatic rings. The quantitative estimate of drug-likeness (QED) is 0.546. The number of hydrazine groups is 1. The zero-order chi connectivity index (χ0) is 18.8. The zero-order valence-electron chi connectivity index (χ0n) is 14.2. The molecule has 0 aliphatic rings. The number of hydrogen-bond acceptors (Lipinski definition) is 3. The Labute approximate surface area is 153 Å². The Morgan fingerprint density at radius 2 is 1.70 bits per heavy atom. The highest BCUT2D eigenvalue weighted by Gasteiger charge is 2.14. The van der Waals surface area contributed by atoms with E-state index in [0.29, 0.717) is 5.58 Å². The van der Waals surface area contributed by atoms with E-state index in [1.54, 1.807) is 6.26 Å². The van der Waals surface area contributed by atoms with Gasteiger partial charge in [0.1, 0.15) is 11.4 Å². The van der Waals surface area contributed by atoms with E-state index in [4.69, 9.17) is 4.42 Å². The van der Waals surface area contributed by atoms with Gasteiger partial charge in [0, 0.05) is 16.5 Å². The third kappa shape index (κ3) is 3.37. The van der Waals surface area contributed by atoms with Crippen molar-refractivity contribution in [2.45, 2.75) is 6.42 Å². The number of fused-ring (bicyclic) bond motifs is 3. The molecule has 0 saturated carbocycles. The van der Waals surface area contributed by atoms with Crippen LogP contribution in [-0.4, -0.2) is 11.8 Å². The summed E-state index contributed by atoms with van der Waals surface area (Å²) in [5.74, 6) is -1.35. The molecule has 0 aliphatic heterocycles. The van der Waals surface area contributed by atoms with Crippen LogP contribution in [-0.2, 0) is 11.2 Å². The summed E-state index contributed by atoms with van der Waals surface area (Å²) in [7, 11) is 0. The first kappa shape index (κ1) is 16.8. The molecule has 0 aliphatic carbocycles. The molecule has 0 fully saturated rings. The summed E-state index contributed by atoms with van der Waals surface area (Å²) >= 11 is 0. The Hall–Kier alpha value is -3.67. The van der Waals surface area contributed by atoms with Gasteiger partial charge in [-0.15, -0.1) is 0 Å². The minimum atomic E-state index is -0.522. The molecule has 27 heavy (non-hydrogen) atoms. The second kappa shape index (κ2) is 6.92. The van der Waals surface area contributed by atoms with Gasteiger partial charge in [-0.05, 0) is 41.1 Å². The molecule has 0 radical (unpaired) electrons. The normalized spacial score (nSPS) is 10.9. The lowest BCUT2D eigenvalue weighted by atomic mass is 10.0. The lowest BCUT2D eigenvalue weighted by Crippen LogP contribution is -2.42. The molecule has 2 amide bonds. The summed E-state index contributed by atoms with van der Waals surface area (Å²) in [6.07, 6.45) is 1.60. The number of nitrogens with one attached hydrogen (secondary N) is 2. The van der Waals surface area contributed by atoms with Crippen LogP contribution in [0.25, 0.3) is 21.7 Å². The van der Waals surface area contributed by atoms with Crippen molar-refractivity contribution in [3.8, 4) is 0 Å². The van der Waals surface area contributed by atoms with Crippen LogP contribution in [0.1, 0.15) is 15.9 Å². The highest BCUT2D eigenvalue weighted by atomic mass is 19.1. The van der Waals surface area contributed by atoms with Crippen molar-refractivity contribution in [3.63, 3.8) is 0 Å². The van der Waals surface area contributed by atoms with Crippen molar-refractivity contribution >= 4 is 33.6 Å². The Morgan fingerprint density at radius 3 is 2.52 bits per heavy atom. The van der Waals surface area contributed by atoms with Crippen molar-refractivity contribution < 1.29 is 18.4 Å². The van der Waals surface area contributed by atoms with Gasteiger partial charge in [-0.2, -0.15) is 0 Å². The van der Waals surface area contributed by atoms with E-state index in [1.165, 1.54) is 24.3 Å². The summed E-state index contributed by atoms with van der Waals surface area (Å²) in [4.78, 5) is 24.2. The van der Waals surface area contributed by atoms with Gasteiger partial charge in [0.25, 0.3) is 5.91 Å². The maximum Gasteiger partial charge on any atom is 0.269 e. The van der Waals surface area contributed by atoms with Gasteiger partial charge in [0.15, 0.2) is 0 Å². The third-order valence-corrected chi connectivity index (χ3v) is 4.31. The van der Waals surface area contributed by atoms with Crippen molar-refractivity contribution in [2.75, 3.05) is 0 Å². The number of rotatable bonds is 3. The summed E-state index contributed by atoms with van der Waals surface area (Å²) < 4.78 is 18.5. The lowest BCUT2D eigenvalue weighted by Gasteiger charge is -2.07. The average Bonchev–Trinajstić information content (AvgIpc) is 3.10. The van der Waals surface area contributed by atoms with Gasteiger partial charge in [-0.25, -0.2) is 4.39 Å². The second-order valence-electron chi connectivity index (χ2n) is 6.11. The van der Waals surface area contributed by atoms with Crippen LogP contribution in [0.15, 0.2) is 71.3 Å². The fourth-order valence-corrected chi connectivity index (χ4v) is 3.02. The number of furan rings is 1. The summed E-state index contributed by atoms with van der Waals surface area (Å²) in [6, 6.07) is 16.7. The fourth-order valence-electron chi connectivity index (χ4n) is 3.02. The van der Waals surface area contributed by atoms with E-state index in [2.05, 4.69) is 10.9 Å². The number of halogens is 1. The number of amides is 2. The van der Waals surface area contributed by atoms with E-state index < -0.39 is 11.7 Å². The molecular formula is C21H15FN2O3. The minimum absolute atomic E-state index is 0.0463. The third-order valence-electron chi connectivity index (χ3n) is 4.31. The van der Waals surface area contributed by atoms with Crippen molar-refractivity contribution in [1.82, 2.24) is 10.9 Å². The Balaban J connectivity index is 1.49. The SMILES string of the molecule is O=C(Cc1coc2ccc3ccccc3c12)NNC(=O)c1ccc(F)cc1. The van der Waals surface area contributed by atoms with Crippen LogP contribution in [0.2, 0.25) is 0 Å². The summed E-state index contributed by atoms with van der Waals surface area (Å²) in [6.45, 7) is 0. The molecule has 2 N–H and O–H groups in total. The molecule has 6 heteroatoms. The Morgan fingerprint density at radius 1 is 0.926 bits per heavy atom. The van der Waals surface area contributed by atoms with Gasteiger partial charge < -0.3 is 4.42 Å². The number of carbonyl (C=O) groups excluding carboxylic acids is 2. The molecule has 1 aromatic heterocycles. The van der Waals surface area contributed by atoms with Crippen LogP contribution < -0.4 is 10.9 Å². The molecule has 134 valence electrons. The molecule has 1 heterocycles. The molecular weight excluding hydrogens is 347 g/mol. The largest absolute Gasteiger partial charge is 0.464 e. The molecule has 0 bridgehead atoms. The fraction of sp³-hybridized carbons (Fsp3) is 0.0476. The number of benzene rings is 3. The molecule has 0 saturated heterocycles. The first-order valence-electron chi connectivity index (χ1n) is 8.34. The van der Waals surface area contributed by atoms with Gasteiger partial charge in [0.2, 0.25) is 5.91 Å². The van der Waals surface area contributed by atoms with Gasteiger partial charge in [-0.1, -0.05) is 30.3 Å². The van der Waals surface area contributed by atoms with Gasteiger partial charge in [-0.3, -0.25) is 20.4 Å². The van der Waals surface area contributed by atoms with Crippen LogP contribution in [0.3, 0.4) is 0 Å². The lowest BCUT2D eigenvalue weighted by molar-refractivity contribution is -0.121. The maximum atomic E-state index is 12.9. The van der Waals surface area contributed by atoms with Crippen LogP contribution in [0, 0.1) is 5.82 Å². The van der Waals surface area contributed by atoms with Crippen molar-refractivity contribution in [3.05, 3.63) is 83.9 Å². The smallest absolute Gasteiger partial charge is 0.269 e. The zero-order valence-corrected chi connectivity index (χ0v) is 14.2. The molecule has 0 spiro atoms. The highest BCUT2D eigenvalue weighted by Crippen LogP contribution is 2.30. The molecule has 0 unspecified atom stereocenters. The molecule has 3 aromatic carbocycles. The second-order valence-corrected chi connectivity index (χ2v) is 6.11. The van der Waals surface area contributed by atoms with E-state index in [0.717, 1.165) is 21.7 Å². The average molecular weight is 362 g/mol. The highest BCUT2D eigenvalue weighted by molar-refractivity contribution is 6.08. The first-order chi connectivity index (χ1) is 13.1. The summed E-state index contributed by atoms with van der Waals surface area (Å²) in [5.41, 5.74) is 6.38. The Bertz CT molecular complexity index is 1150. The predicted octanol–water partition coefficient (Wildman–Crippen LogP) is 3.73. The van der Waals surface area contributed by atoms with Crippen LogP contribution >= 0.6 is 0 Å².